The van der Waals surface area contributed by atoms with Gasteiger partial charge in [-0.3, -0.25) is 0 Å². The van der Waals surface area contributed by atoms with Crippen molar-refractivity contribution in [3.63, 3.8) is 0 Å². The van der Waals surface area contributed by atoms with Crippen LogP contribution >= 0.6 is 0 Å². The Morgan fingerprint density at radius 2 is 2.28 bits per heavy atom. The van der Waals surface area contributed by atoms with Gasteiger partial charge in [0.05, 0.1) is 6.54 Å². The molecule has 4 nitrogen and oxygen atoms in total. The molecule has 0 saturated carbocycles. The van der Waals surface area contributed by atoms with Crippen LogP contribution in [0.1, 0.15) is 30.3 Å². The third-order valence-corrected chi connectivity index (χ3v) is 2.96. The van der Waals surface area contributed by atoms with E-state index < -0.39 is 0 Å². The van der Waals surface area contributed by atoms with Gasteiger partial charge in [0.15, 0.2) is 5.82 Å². The van der Waals surface area contributed by atoms with Crippen molar-refractivity contribution in [1.82, 2.24) is 15.5 Å². The second-order valence-corrected chi connectivity index (χ2v) is 4.66. The molecule has 0 spiro atoms. The van der Waals surface area contributed by atoms with Crippen LogP contribution in [0.5, 0.6) is 0 Å². The van der Waals surface area contributed by atoms with Crippen LogP contribution in [0.15, 0.2) is 35.2 Å². The molecule has 0 radical (unpaired) electrons. The predicted molar refractivity (Wildman–Crippen MR) is 70.1 cm³/mol. The summed E-state index contributed by atoms with van der Waals surface area (Å²) in [5.41, 5.74) is 2.71. The summed E-state index contributed by atoms with van der Waals surface area (Å²) in [6.45, 7) is 4.96. The molecule has 0 bridgehead atoms. The van der Waals surface area contributed by atoms with E-state index >= 15 is 0 Å². The van der Waals surface area contributed by atoms with Gasteiger partial charge in [0.2, 0.25) is 6.39 Å². The fraction of sp³-hybridized carbons (Fsp3) is 0.429. The van der Waals surface area contributed by atoms with E-state index in [0.717, 1.165) is 12.8 Å². The van der Waals surface area contributed by atoms with E-state index in [1.807, 2.05) is 0 Å². The average Bonchev–Trinajstić information content (AvgIpc) is 2.87. The highest BCUT2D eigenvalue weighted by molar-refractivity contribution is 5.22. The number of benzene rings is 1. The highest BCUT2D eigenvalue weighted by Crippen LogP contribution is 2.08. The van der Waals surface area contributed by atoms with Crippen LogP contribution in [0.25, 0.3) is 0 Å². The maximum absolute atomic E-state index is 4.69. The molecule has 0 saturated heterocycles. The maximum Gasteiger partial charge on any atom is 0.213 e. The minimum absolute atomic E-state index is 0.434. The predicted octanol–water partition coefficient (Wildman–Crippen LogP) is 2.49. The Bertz CT molecular complexity index is 468. The van der Waals surface area contributed by atoms with E-state index in [9.17, 15) is 0 Å². The average molecular weight is 245 g/mol. The summed E-state index contributed by atoms with van der Waals surface area (Å²) in [5.74, 6) is 0.706. The smallest absolute Gasteiger partial charge is 0.213 e. The highest BCUT2D eigenvalue weighted by Gasteiger charge is 2.04. The van der Waals surface area contributed by atoms with Crippen molar-refractivity contribution in [3.05, 3.63) is 47.6 Å². The monoisotopic (exact) mass is 245 g/mol. The molecular weight excluding hydrogens is 226 g/mol. The van der Waals surface area contributed by atoms with Gasteiger partial charge in [-0.25, -0.2) is 0 Å². The summed E-state index contributed by atoms with van der Waals surface area (Å²) in [6, 6.07) is 9.10. The zero-order valence-corrected chi connectivity index (χ0v) is 10.9. The van der Waals surface area contributed by atoms with Crippen molar-refractivity contribution in [2.75, 3.05) is 0 Å². The minimum Gasteiger partial charge on any atom is -0.343 e. The van der Waals surface area contributed by atoms with E-state index in [0.29, 0.717) is 18.4 Å². The molecule has 4 heteroatoms. The summed E-state index contributed by atoms with van der Waals surface area (Å²) < 4.78 is 4.69. The summed E-state index contributed by atoms with van der Waals surface area (Å²) >= 11 is 0. The van der Waals surface area contributed by atoms with Gasteiger partial charge in [-0.05, 0) is 32.3 Å². The maximum atomic E-state index is 4.69. The van der Waals surface area contributed by atoms with Crippen molar-refractivity contribution >= 4 is 0 Å². The van der Waals surface area contributed by atoms with Gasteiger partial charge < -0.3 is 9.84 Å². The molecular formula is C14H19N3O. The summed E-state index contributed by atoms with van der Waals surface area (Å²) in [5, 5.41) is 7.15. The molecule has 0 fully saturated rings. The summed E-state index contributed by atoms with van der Waals surface area (Å²) in [4.78, 5) is 3.98. The third-order valence-electron chi connectivity index (χ3n) is 2.96. The summed E-state index contributed by atoms with van der Waals surface area (Å²) in [7, 11) is 0. The van der Waals surface area contributed by atoms with Gasteiger partial charge >= 0.3 is 0 Å². The molecule has 1 heterocycles. The zero-order chi connectivity index (χ0) is 12.8. The normalized spacial score (nSPS) is 12.6. The molecule has 0 aliphatic heterocycles. The van der Waals surface area contributed by atoms with Crippen LogP contribution in [0, 0.1) is 6.92 Å². The van der Waals surface area contributed by atoms with Crippen LogP contribution in [0.4, 0.5) is 0 Å². The van der Waals surface area contributed by atoms with E-state index in [1.54, 1.807) is 0 Å². The lowest BCUT2D eigenvalue weighted by molar-refractivity contribution is 0.403. The topological polar surface area (TPSA) is 51.0 Å². The molecule has 0 aliphatic rings. The van der Waals surface area contributed by atoms with Crippen LogP contribution < -0.4 is 5.32 Å². The lowest BCUT2D eigenvalue weighted by Gasteiger charge is -2.12. The lowest BCUT2D eigenvalue weighted by Crippen LogP contribution is -2.26. The Hall–Kier alpha value is -1.68. The second kappa shape index (κ2) is 6.31. The molecule has 96 valence electrons. The van der Waals surface area contributed by atoms with Crippen molar-refractivity contribution < 1.29 is 4.52 Å². The number of aryl methyl sites for hydroxylation is 2. The van der Waals surface area contributed by atoms with Crippen molar-refractivity contribution in [2.24, 2.45) is 0 Å². The molecule has 1 N–H and O–H groups in total. The Kier molecular flexibility index (Phi) is 4.47. The first-order chi connectivity index (χ1) is 8.74. The molecule has 1 unspecified atom stereocenters. The molecule has 1 atom stereocenters. The van der Waals surface area contributed by atoms with Crippen LogP contribution in [-0.2, 0) is 13.0 Å². The quantitative estimate of drug-likeness (QED) is 0.849. The fourth-order valence-corrected chi connectivity index (χ4v) is 1.89. The van der Waals surface area contributed by atoms with Gasteiger partial charge in [-0.1, -0.05) is 35.0 Å². The first-order valence-corrected chi connectivity index (χ1v) is 6.28. The fourth-order valence-electron chi connectivity index (χ4n) is 1.89. The van der Waals surface area contributed by atoms with E-state index in [1.165, 1.54) is 17.5 Å². The molecule has 2 rings (SSSR count). The van der Waals surface area contributed by atoms with Gasteiger partial charge in [-0.15, -0.1) is 0 Å². The van der Waals surface area contributed by atoms with Crippen LogP contribution in [-0.4, -0.2) is 16.2 Å². The Morgan fingerprint density at radius 1 is 1.39 bits per heavy atom. The highest BCUT2D eigenvalue weighted by atomic mass is 16.5. The molecule has 18 heavy (non-hydrogen) atoms. The van der Waals surface area contributed by atoms with Gasteiger partial charge in [0, 0.05) is 6.04 Å². The van der Waals surface area contributed by atoms with Crippen LogP contribution in [0.2, 0.25) is 0 Å². The zero-order valence-electron chi connectivity index (χ0n) is 10.9. The van der Waals surface area contributed by atoms with Gasteiger partial charge in [0.1, 0.15) is 0 Å². The molecule has 1 aromatic heterocycles. The van der Waals surface area contributed by atoms with Crippen molar-refractivity contribution in [3.8, 4) is 0 Å². The number of rotatable bonds is 6. The second-order valence-electron chi connectivity index (χ2n) is 4.66. The molecule has 1 aromatic carbocycles. The number of nitrogens with zero attached hydrogens (tertiary/aromatic N) is 2. The first kappa shape index (κ1) is 12.8. The number of hydrogen-bond donors (Lipinski definition) is 1. The van der Waals surface area contributed by atoms with E-state index in [4.69, 9.17) is 0 Å². The first-order valence-electron chi connectivity index (χ1n) is 6.28. The third kappa shape index (κ3) is 3.96. The van der Waals surface area contributed by atoms with Crippen LogP contribution in [0.3, 0.4) is 0 Å². The lowest BCUT2D eigenvalue weighted by atomic mass is 10.0. The van der Waals surface area contributed by atoms with E-state index in [2.05, 4.69) is 58.1 Å². The Balaban J connectivity index is 1.73. The van der Waals surface area contributed by atoms with Crippen molar-refractivity contribution in [1.29, 1.82) is 0 Å². The Labute approximate surface area is 107 Å². The van der Waals surface area contributed by atoms with E-state index in [-0.39, 0.29) is 0 Å². The SMILES string of the molecule is Cc1cccc(CCC(C)NCc2ncon2)c1. The van der Waals surface area contributed by atoms with Crippen molar-refractivity contribution in [2.45, 2.75) is 39.3 Å². The number of hydrogen-bond acceptors (Lipinski definition) is 4. The number of aromatic nitrogens is 2. The van der Waals surface area contributed by atoms with Gasteiger partial charge in [0.25, 0.3) is 0 Å². The minimum atomic E-state index is 0.434. The largest absolute Gasteiger partial charge is 0.343 e. The Morgan fingerprint density at radius 3 is 3.00 bits per heavy atom. The number of nitrogens with one attached hydrogen (secondary N) is 1. The molecule has 0 aliphatic carbocycles. The molecule has 0 amide bonds. The van der Waals surface area contributed by atoms with Gasteiger partial charge in [-0.2, -0.15) is 4.98 Å². The summed E-state index contributed by atoms with van der Waals surface area (Å²) in [6.07, 6.45) is 3.54. The molecule has 2 aromatic rings. The standard InChI is InChI=1S/C14H19N3O/c1-11-4-3-5-13(8-11)7-6-12(2)15-9-14-16-10-18-17-14/h3-5,8,10,12,15H,6-7,9H2,1-2H3.